The Balaban J connectivity index is 2.07. The summed E-state index contributed by atoms with van der Waals surface area (Å²) in [6.07, 6.45) is -0.607. The van der Waals surface area contributed by atoms with Crippen molar-refractivity contribution in [2.75, 3.05) is 14.2 Å². The zero-order chi connectivity index (χ0) is 20.5. The molecule has 1 aliphatic rings. The second-order valence-corrected chi connectivity index (χ2v) is 6.96. The van der Waals surface area contributed by atoms with Crippen LogP contribution in [0.5, 0.6) is 11.9 Å². The first-order chi connectivity index (χ1) is 13.2. The average molecular weight is 390 g/mol. The molecule has 1 N–H and O–H groups in total. The van der Waals surface area contributed by atoms with Crippen molar-refractivity contribution in [3.8, 4) is 35.0 Å². The van der Waals surface area contributed by atoms with Gasteiger partial charge in [0.15, 0.2) is 0 Å². The first kappa shape index (κ1) is 19.9. The number of aliphatic hydroxyl groups is 1. The molecule has 1 aliphatic carbocycles. The molecule has 0 bridgehead atoms. The molecule has 9 heteroatoms. The summed E-state index contributed by atoms with van der Waals surface area (Å²) >= 11 is 0. The number of halogens is 2. The lowest BCUT2D eigenvalue weighted by Crippen LogP contribution is -2.14. The maximum absolute atomic E-state index is 13.1. The Kier molecular flexibility index (Phi) is 5.42. The summed E-state index contributed by atoms with van der Waals surface area (Å²) in [5.41, 5.74) is 0.421. The number of aromatic nitrogens is 4. The molecule has 2 atom stereocenters. The standard InChI is InChI=1S/C19H20F2N4O3/c1-19(2,26)6-5-14-11(10-7-12(10)16(20)21)8-15(25-24-14)13-9-22-18(28-4)23-17(13)27-3/h8-10,12,16,26H,7H2,1-4H3/t10-,12+/m1/s1. The molecule has 7 nitrogen and oxygen atoms in total. The number of methoxy groups -OCH3 is 2. The molecule has 3 rings (SSSR count). The van der Waals surface area contributed by atoms with Gasteiger partial charge in [-0.15, -0.1) is 10.2 Å². The smallest absolute Gasteiger partial charge is 0.319 e. The highest BCUT2D eigenvalue weighted by Gasteiger charge is 2.46. The molecule has 0 amide bonds. The van der Waals surface area contributed by atoms with Crippen LogP contribution in [0.25, 0.3) is 11.3 Å². The highest BCUT2D eigenvalue weighted by atomic mass is 19.3. The van der Waals surface area contributed by atoms with E-state index >= 15 is 0 Å². The number of hydrogen-bond donors (Lipinski definition) is 1. The summed E-state index contributed by atoms with van der Waals surface area (Å²) in [5, 5.41) is 18.1. The second-order valence-electron chi connectivity index (χ2n) is 6.96. The molecule has 0 radical (unpaired) electrons. The van der Waals surface area contributed by atoms with E-state index in [1.165, 1.54) is 34.3 Å². The van der Waals surface area contributed by atoms with Crippen LogP contribution < -0.4 is 9.47 Å². The van der Waals surface area contributed by atoms with E-state index in [1.54, 1.807) is 6.07 Å². The molecule has 2 aromatic heterocycles. The molecule has 28 heavy (non-hydrogen) atoms. The first-order valence-electron chi connectivity index (χ1n) is 8.60. The molecule has 148 valence electrons. The molecule has 0 aromatic carbocycles. The topological polar surface area (TPSA) is 90.2 Å². The summed E-state index contributed by atoms with van der Waals surface area (Å²) in [6.45, 7) is 3.06. The molecule has 0 spiro atoms. The quantitative estimate of drug-likeness (QED) is 0.784. The van der Waals surface area contributed by atoms with Gasteiger partial charge in [-0.05, 0) is 43.7 Å². The van der Waals surface area contributed by atoms with E-state index in [2.05, 4.69) is 32.0 Å². The molecule has 1 fully saturated rings. The molecule has 2 heterocycles. The van der Waals surface area contributed by atoms with Gasteiger partial charge >= 0.3 is 6.01 Å². The minimum atomic E-state index is -2.42. The number of hydrogen-bond acceptors (Lipinski definition) is 7. The van der Waals surface area contributed by atoms with E-state index in [0.29, 0.717) is 23.2 Å². The van der Waals surface area contributed by atoms with Crippen LogP contribution >= 0.6 is 0 Å². The first-order valence-corrected chi connectivity index (χ1v) is 8.60. The van der Waals surface area contributed by atoms with Crippen molar-refractivity contribution in [3.63, 3.8) is 0 Å². The second kappa shape index (κ2) is 7.64. The fraction of sp³-hybridized carbons (Fsp3) is 0.474. The van der Waals surface area contributed by atoms with Gasteiger partial charge in [-0.2, -0.15) is 4.98 Å². The molecular formula is C19H20F2N4O3. The van der Waals surface area contributed by atoms with Crippen molar-refractivity contribution >= 4 is 0 Å². The summed E-state index contributed by atoms with van der Waals surface area (Å²) in [6, 6.07) is 1.78. The van der Waals surface area contributed by atoms with Gasteiger partial charge in [-0.25, -0.2) is 13.8 Å². The van der Waals surface area contributed by atoms with Gasteiger partial charge in [0.1, 0.15) is 17.0 Å². The summed E-state index contributed by atoms with van der Waals surface area (Å²) in [7, 11) is 2.87. The molecule has 0 aliphatic heterocycles. The lowest BCUT2D eigenvalue weighted by atomic mass is 10.0. The predicted molar refractivity (Wildman–Crippen MR) is 96.2 cm³/mol. The Hall–Kier alpha value is -2.86. The largest absolute Gasteiger partial charge is 0.480 e. The number of ether oxygens (including phenoxy) is 2. The number of rotatable bonds is 5. The van der Waals surface area contributed by atoms with Gasteiger partial charge in [0.2, 0.25) is 12.3 Å². The van der Waals surface area contributed by atoms with Crippen LogP contribution in [0.1, 0.15) is 37.4 Å². The Morgan fingerprint density at radius 1 is 1.25 bits per heavy atom. The van der Waals surface area contributed by atoms with E-state index in [1.807, 2.05) is 0 Å². The third-order valence-corrected chi connectivity index (χ3v) is 4.26. The van der Waals surface area contributed by atoms with Crippen LogP contribution in [0.2, 0.25) is 0 Å². The van der Waals surface area contributed by atoms with Gasteiger partial charge in [0.25, 0.3) is 0 Å². The Morgan fingerprint density at radius 2 is 2.00 bits per heavy atom. The maximum atomic E-state index is 13.1. The molecule has 2 aromatic rings. The van der Waals surface area contributed by atoms with E-state index < -0.39 is 17.9 Å². The van der Waals surface area contributed by atoms with Gasteiger partial charge in [-0.1, -0.05) is 5.92 Å². The van der Waals surface area contributed by atoms with E-state index in [-0.39, 0.29) is 23.5 Å². The third kappa shape index (κ3) is 4.34. The van der Waals surface area contributed by atoms with Crippen LogP contribution in [0.4, 0.5) is 8.78 Å². The maximum Gasteiger partial charge on any atom is 0.319 e. The minimum Gasteiger partial charge on any atom is -0.480 e. The number of nitrogens with zero attached hydrogens (tertiary/aromatic N) is 4. The van der Waals surface area contributed by atoms with Gasteiger partial charge < -0.3 is 14.6 Å². The molecule has 0 saturated heterocycles. The zero-order valence-corrected chi connectivity index (χ0v) is 15.9. The average Bonchev–Trinajstić information content (AvgIpc) is 3.46. The van der Waals surface area contributed by atoms with Crippen molar-refractivity contribution < 1.29 is 23.4 Å². The van der Waals surface area contributed by atoms with Crippen molar-refractivity contribution in [1.29, 1.82) is 0 Å². The third-order valence-electron chi connectivity index (χ3n) is 4.26. The highest BCUT2D eigenvalue weighted by molar-refractivity contribution is 5.65. The van der Waals surface area contributed by atoms with E-state index in [4.69, 9.17) is 9.47 Å². The van der Waals surface area contributed by atoms with Crippen LogP contribution in [0, 0.1) is 17.8 Å². The summed E-state index contributed by atoms with van der Waals surface area (Å²) in [4.78, 5) is 8.15. The van der Waals surface area contributed by atoms with Crippen molar-refractivity contribution in [3.05, 3.63) is 23.5 Å². The normalized spacial score (nSPS) is 18.4. The Bertz CT molecular complexity index is 935. The van der Waals surface area contributed by atoms with E-state index in [9.17, 15) is 13.9 Å². The van der Waals surface area contributed by atoms with Gasteiger partial charge in [-0.3, -0.25) is 0 Å². The summed E-state index contributed by atoms with van der Waals surface area (Å²) < 4.78 is 36.5. The predicted octanol–water partition coefficient (Wildman–Crippen LogP) is 2.44. The van der Waals surface area contributed by atoms with Gasteiger partial charge in [0.05, 0.1) is 19.8 Å². The lowest BCUT2D eigenvalue weighted by Gasteiger charge is -2.10. The van der Waals surface area contributed by atoms with Crippen LogP contribution in [0.15, 0.2) is 12.3 Å². The Labute approximate surface area is 161 Å². The fourth-order valence-corrected chi connectivity index (χ4v) is 2.76. The van der Waals surface area contributed by atoms with Crippen LogP contribution in [-0.2, 0) is 0 Å². The fourth-order valence-electron chi connectivity index (χ4n) is 2.76. The Morgan fingerprint density at radius 3 is 2.57 bits per heavy atom. The monoisotopic (exact) mass is 390 g/mol. The highest BCUT2D eigenvalue weighted by Crippen LogP contribution is 2.52. The molecule has 0 unspecified atom stereocenters. The number of alkyl halides is 2. The van der Waals surface area contributed by atoms with Crippen molar-refractivity contribution in [1.82, 2.24) is 20.2 Å². The summed E-state index contributed by atoms with van der Waals surface area (Å²) in [5.74, 6) is 4.52. The zero-order valence-electron chi connectivity index (χ0n) is 15.9. The van der Waals surface area contributed by atoms with Gasteiger partial charge in [0, 0.05) is 12.1 Å². The van der Waals surface area contributed by atoms with Crippen molar-refractivity contribution in [2.45, 2.75) is 38.2 Å². The molecule has 1 saturated carbocycles. The van der Waals surface area contributed by atoms with Crippen LogP contribution in [-0.4, -0.2) is 51.5 Å². The SMILES string of the molecule is COc1ncc(-c2cc([C@H]3C[C@@H]3C(F)F)c(C#CC(C)(C)O)nn2)c(OC)n1. The van der Waals surface area contributed by atoms with E-state index in [0.717, 1.165) is 0 Å². The lowest BCUT2D eigenvalue weighted by molar-refractivity contribution is 0.120. The van der Waals surface area contributed by atoms with Crippen LogP contribution in [0.3, 0.4) is 0 Å². The van der Waals surface area contributed by atoms with Crippen molar-refractivity contribution in [2.24, 2.45) is 5.92 Å². The molecular weight excluding hydrogens is 370 g/mol. The minimum absolute atomic E-state index is 0.126.